The lowest BCUT2D eigenvalue weighted by Crippen LogP contribution is -2.52. The Morgan fingerprint density at radius 2 is 2.40 bits per heavy atom. The molecule has 0 radical (unpaired) electrons. The van der Waals surface area contributed by atoms with Gasteiger partial charge in [-0.3, -0.25) is 14.9 Å². The number of morpholine rings is 1. The normalized spacial score (nSPS) is 31.2. The van der Waals surface area contributed by atoms with Crippen LogP contribution in [0.25, 0.3) is 0 Å². The monoisotopic (exact) mass is 349 g/mol. The van der Waals surface area contributed by atoms with Gasteiger partial charge in [-0.1, -0.05) is 6.92 Å². The molecule has 3 atom stereocenters. The van der Waals surface area contributed by atoms with Gasteiger partial charge < -0.3 is 10.1 Å². The minimum absolute atomic E-state index is 0.145. The Bertz CT molecular complexity index is 688. The van der Waals surface area contributed by atoms with E-state index in [2.05, 4.69) is 17.1 Å². The number of amides is 1. The second-order valence-corrected chi connectivity index (χ2v) is 7.48. The van der Waals surface area contributed by atoms with E-state index >= 15 is 0 Å². The summed E-state index contributed by atoms with van der Waals surface area (Å²) in [5.41, 5.74) is 3.08. The van der Waals surface area contributed by atoms with Crippen LogP contribution in [0.3, 0.4) is 0 Å². The summed E-state index contributed by atoms with van der Waals surface area (Å²) in [7, 11) is 0. The van der Waals surface area contributed by atoms with E-state index in [1.54, 1.807) is 11.5 Å². The molecule has 2 saturated heterocycles. The van der Waals surface area contributed by atoms with Gasteiger partial charge in [0, 0.05) is 37.3 Å². The third-order valence-electron chi connectivity index (χ3n) is 5.87. The number of ether oxygens (including phenoxy) is 1. The molecule has 7 heteroatoms. The van der Waals surface area contributed by atoms with Crippen molar-refractivity contribution in [2.75, 3.05) is 19.7 Å². The van der Waals surface area contributed by atoms with Crippen LogP contribution < -0.4 is 10.8 Å². The molecule has 0 unspecified atom stereocenters. The average molecular weight is 349 g/mol. The van der Waals surface area contributed by atoms with Crippen LogP contribution in [0.5, 0.6) is 0 Å². The van der Waals surface area contributed by atoms with Gasteiger partial charge in [0.25, 0.3) is 5.91 Å². The molecule has 3 N–H and O–H groups in total. The van der Waals surface area contributed by atoms with Crippen LogP contribution in [0.2, 0.25) is 0 Å². The molecule has 0 saturated carbocycles. The van der Waals surface area contributed by atoms with E-state index in [0.717, 1.165) is 38.1 Å². The smallest absolute Gasteiger partial charge is 0.274 e. The lowest BCUT2D eigenvalue weighted by Gasteiger charge is -2.41. The van der Waals surface area contributed by atoms with Crippen molar-refractivity contribution in [3.05, 3.63) is 34.6 Å². The van der Waals surface area contributed by atoms with Gasteiger partial charge >= 0.3 is 0 Å². The largest absolute Gasteiger partial charge is 0.371 e. The Labute approximate surface area is 146 Å². The fourth-order valence-electron chi connectivity index (χ4n) is 4.52. The number of nitrogens with zero attached hydrogens (tertiary/aromatic N) is 1. The maximum absolute atomic E-state index is 14.5. The van der Waals surface area contributed by atoms with Crippen LogP contribution in [-0.2, 0) is 17.7 Å². The number of hydroxylamine groups is 1. The second-order valence-electron chi connectivity index (χ2n) is 7.48. The topological polar surface area (TPSA) is 73.8 Å². The maximum Gasteiger partial charge on any atom is 0.274 e. The molecule has 2 fully saturated rings. The average Bonchev–Trinajstić information content (AvgIpc) is 3.20. The number of fused-ring (bicyclic) bond motifs is 3. The molecule has 2 bridgehead atoms. The second kappa shape index (κ2) is 6.32. The van der Waals surface area contributed by atoms with Crippen LogP contribution in [-0.4, -0.2) is 53.4 Å². The third kappa shape index (κ3) is 2.95. The molecule has 3 aliphatic heterocycles. The minimum Gasteiger partial charge on any atom is -0.371 e. The molecule has 1 amide bonds. The number of benzene rings is 1. The van der Waals surface area contributed by atoms with E-state index in [9.17, 15) is 9.18 Å². The van der Waals surface area contributed by atoms with Crippen molar-refractivity contribution >= 4 is 5.91 Å². The van der Waals surface area contributed by atoms with Crippen LogP contribution in [0.4, 0.5) is 4.39 Å². The highest BCUT2D eigenvalue weighted by atomic mass is 19.1. The van der Waals surface area contributed by atoms with E-state index < -0.39 is 5.91 Å². The molecule has 4 rings (SSSR count). The number of carbonyl (C=O) groups is 1. The molecule has 3 heterocycles. The molecule has 1 aromatic carbocycles. The Hall–Kier alpha value is -1.54. The first-order chi connectivity index (χ1) is 12.0. The zero-order valence-electron chi connectivity index (χ0n) is 14.3. The van der Waals surface area contributed by atoms with Gasteiger partial charge in [0.1, 0.15) is 5.82 Å². The molecule has 0 aliphatic carbocycles. The Kier molecular flexibility index (Phi) is 4.27. The van der Waals surface area contributed by atoms with Gasteiger partial charge in [0.15, 0.2) is 0 Å². The molecule has 1 aromatic rings. The highest BCUT2D eigenvalue weighted by Crippen LogP contribution is 2.35. The van der Waals surface area contributed by atoms with Gasteiger partial charge in [0.05, 0.1) is 12.2 Å². The van der Waals surface area contributed by atoms with Crippen molar-refractivity contribution in [1.82, 2.24) is 15.7 Å². The summed E-state index contributed by atoms with van der Waals surface area (Å²) in [5, 5.41) is 12.3. The van der Waals surface area contributed by atoms with Crippen molar-refractivity contribution in [1.29, 1.82) is 0 Å². The molecular formula is C18H24FN3O3. The Balaban J connectivity index is 1.61. The van der Waals surface area contributed by atoms with Crippen LogP contribution in [0, 0.1) is 5.82 Å². The van der Waals surface area contributed by atoms with E-state index in [1.807, 2.05) is 0 Å². The number of carbonyl (C=O) groups excluding carboxylic acids is 1. The summed E-state index contributed by atoms with van der Waals surface area (Å²) in [5.74, 6) is -1.06. The zero-order valence-corrected chi connectivity index (χ0v) is 14.3. The van der Waals surface area contributed by atoms with Gasteiger partial charge in [0.2, 0.25) is 0 Å². The number of halogens is 1. The maximum atomic E-state index is 14.5. The summed E-state index contributed by atoms with van der Waals surface area (Å²) in [6.45, 7) is 5.14. The standard InChI is InChI=1S/C18H24FN3O3/c1-2-14-5-15-12(3-11(4-16(15)19)17(23)21-24)7-22(14)10-18-6-13(8-25-18)20-9-18/h3-4,13-14,20,24H,2,5-10H2,1H3,(H,21,23)/t13-,14-,18-/m0/s1. The van der Waals surface area contributed by atoms with Crippen molar-refractivity contribution in [2.24, 2.45) is 0 Å². The summed E-state index contributed by atoms with van der Waals surface area (Å²) < 4.78 is 20.6. The number of hydrogen-bond donors (Lipinski definition) is 3. The van der Waals surface area contributed by atoms with Crippen molar-refractivity contribution in [3.63, 3.8) is 0 Å². The van der Waals surface area contributed by atoms with Crippen LogP contribution in [0.15, 0.2) is 12.1 Å². The van der Waals surface area contributed by atoms with Crippen molar-refractivity contribution in [2.45, 2.75) is 50.4 Å². The predicted molar refractivity (Wildman–Crippen MR) is 88.9 cm³/mol. The van der Waals surface area contributed by atoms with Gasteiger partial charge in [-0.25, -0.2) is 9.87 Å². The Morgan fingerprint density at radius 1 is 1.56 bits per heavy atom. The predicted octanol–water partition coefficient (Wildman–Crippen LogP) is 1.21. The molecule has 3 aliphatic rings. The number of hydrogen-bond acceptors (Lipinski definition) is 5. The van der Waals surface area contributed by atoms with E-state index in [1.165, 1.54) is 6.07 Å². The van der Waals surface area contributed by atoms with Crippen molar-refractivity contribution in [3.8, 4) is 0 Å². The quantitative estimate of drug-likeness (QED) is 0.563. The Morgan fingerprint density at radius 3 is 3.00 bits per heavy atom. The first-order valence-electron chi connectivity index (χ1n) is 8.90. The highest BCUT2D eigenvalue weighted by Gasteiger charge is 2.48. The van der Waals surface area contributed by atoms with E-state index in [0.29, 0.717) is 24.6 Å². The first kappa shape index (κ1) is 16.9. The summed E-state index contributed by atoms with van der Waals surface area (Å²) in [6.07, 6.45) is 2.59. The lowest BCUT2D eigenvalue weighted by molar-refractivity contribution is -0.0423. The van der Waals surface area contributed by atoms with Gasteiger partial charge in [-0.15, -0.1) is 0 Å². The summed E-state index contributed by atoms with van der Waals surface area (Å²) >= 11 is 0. The molecular weight excluding hydrogens is 325 g/mol. The fraction of sp³-hybridized carbons (Fsp3) is 0.611. The van der Waals surface area contributed by atoms with Gasteiger partial charge in [-0.05, 0) is 42.5 Å². The third-order valence-corrected chi connectivity index (χ3v) is 5.87. The SMILES string of the molecule is CC[C@H]1Cc2c(F)cc(C(=O)NO)cc2CN1C[C@]12CN[C@H](CO1)C2. The van der Waals surface area contributed by atoms with E-state index in [-0.39, 0.29) is 23.0 Å². The van der Waals surface area contributed by atoms with Crippen LogP contribution in [0.1, 0.15) is 41.3 Å². The lowest BCUT2D eigenvalue weighted by atomic mass is 9.89. The molecule has 0 spiro atoms. The minimum atomic E-state index is -0.689. The molecule has 136 valence electrons. The van der Waals surface area contributed by atoms with Gasteiger partial charge in [-0.2, -0.15) is 0 Å². The molecule has 0 aromatic heterocycles. The summed E-state index contributed by atoms with van der Waals surface area (Å²) in [4.78, 5) is 14.0. The summed E-state index contributed by atoms with van der Waals surface area (Å²) in [6, 6.07) is 3.61. The first-order valence-corrected chi connectivity index (χ1v) is 8.90. The van der Waals surface area contributed by atoms with Crippen molar-refractivity contribution < 1.29 is 19.1 Å². The highest BCUT2D eigenvalue weighted by molar-refractivity contribution is 5.93. The fourth-order valence-corrected chi connectivity index (χ4v) is 4.52. The van der Waals surface area contributed by atoms with Crippen LogP contribution >= 0.6 is 0 Å². The number of nitrogens with one attached hydrogen (secondary N) is 2. The molecule has 25 heavy (non-hydrogen) atoms. The van der Waals surface area contributed by atoms with E-state index in [4.69, 9.17) is 9.94 Å². The number of rotatable bonds is 4. The molecule has 6 nitrogen and oxygen atoms in total. The zero-order chi connectivity index (χ0) is 17.6.